The zero-order chi connectivity index (χ0) is 13.6. The molecule has 2 saturated heterocycles. The third kappa shape index (κ3) is 2.80. The second-order valence-electron chi connectivity index (χ2n) is 6.38. The largest absolute Gasteiger partial charge is 0.486 e. The van der Waals surface area contributed by atoms with Crippen LogP contribution in [0.2, 0.25) is 0 Å². The highest BCUT2D eigenvalue weighted by atomic mass is 16.7. The smallest absolute Gasteiger partial charge is 0.400 e. The Bertz CT molecular complexity index is 333. The molecule has 2 rings (SSSR count). The summed E-state index contributed by atoms with van der Waals surface area (Å²) >= 11 is 0. The molecule has 0 aromatic rings. The summed E-state index contributed by atoms with van der Waals surface area (Å²) in [6.07, 6.45) is 1.93. The Labute approximate surface area is 110 Å². The molecule has 2 fully saturated rings. The average Bonchev–Trinajstić information content (AvgIpc) is 2.62. The van der Waals surface area contributed by atoms with Crippen LogP contribution in [0, 0.1) is 0 Å². The first-order valence-electron chi connectivity index (χ1n) is 6.47. The van der Waals surface area contributed by atoms with Crippen molar-refractivity contribution in [2.24, 2.45) is 0 Å². The molecule has 2 aliphatic heterocycles. The Kier molecular flexibility index (Phi) is 3.39. The lowest BCUT2D eigenvalue weighted by Crippen LogP contribution is -2.41. The van der Waals surface area contributed by atoms with Crippen molar-refractivity contribution in [2.45, 2.75) is 64.6 Å². The van der Waals surface area contributed by atoms with E-state index in [9.17, 15) is 0 Å². The number of ether oxygens (including phenoxy) is 2. The van der Waals surface area contributed by atoms with Crippen molar-refractivity contribution < 1.29 is 18.8 Å². The molecule has 0 spiro atoms. The Balaban J connectivity index is 1.93. The molecule has 0 radical (unpaired) electrons. The van der Waals surface area contributed by atoms with E-state index in [2.05, 4.69) is 0 Å². The van der Waals surface area contributed by atoms with Crippen LogP contribution in [0.1, 0.15) is 41.5 Å². The van der Waals surface area contributed by atoms with Crippen LogP contribution >= 0.6 is 0 Å². The molecule has 2 aliphatic rings. The van der Waals surface area contributed by atoms with Crippen LogP contribution in [0.15, 0.2) is 12.1 Å². The van der Waals surface area contributed by atoms with Gasteiger partial charge in [-0.15, -0.1) is 0 Å². The van der Waals surface area contributed by atoms with Gasteiger partial charge in [0.25, 0.3) is 0 Å². The van der Waals surface area contributed by atoms with E-state index in [0.717, 1.165) is 0 Å². The molecule has 1 atom stereocenters. The van der Waals surface area contributed by atoms with Crippen LogP contribution in [0.25, 0.3) is 0 Å². The molecule has 0 amide bonds. The minimum absolute atomic E-state index is 0.0287. The van der Waals surface area contributed by atoms with E-state index in [4.69, 9.17) is 18.8 Å². The molecule has 5 heteroatoms. The highest BCUT2D eigenvalue weighted by molar-refractivity contribution is 6.51. The first kappa shape index (κ1) is 14.1. The van der Waals surface area contributed by atoms with E-state index in [1.165, 1.54) is 0 Å². The van der Waals surface area contributed by atoms with Gasteiger partial charge in [0.15, 0.2) is 5.79 Å². The quantitative estimate of drug-likeness (QED) is 0.709. The molecular formula is C13H23BO4. The zero-order valence-corrected chi connectivity index (χ0v) is 12.1. The van der Waals surface area contributed by atoms with Crippen LogP contribution in [-0.4, -0.2) is 36.8 Å². The molecule has 18 heavy (non-hydrogen) atoms. The van der Waals surface area contributed by atoms with E-state index >= 15 is 0 Å². The topological polar surface area (TPSA) is 36.9 Å². The van der Waals surface area contributed by atoms with E-state index in [1.54, 1.807) is 0 Å². The maximum absolute atomic E-state index is 5.87. The minimum Gasteiger partial charge on any atom is -0.400 e. The van der Waals surface area contributed by atoms with Crippen LogP contribution in [0.4, 0.5) is 0 Å². The van der Waals surface area contributed by atoms with Crippen LogP contribution in [0.5, 0.6) is 0 Å². The first-order chi connectivity index (χ1) is 8.11. The lowest BCUT2D eigenvalue weighted by atomic mass is 9.89. The van der Waals surface area contributed by atoms with Gasteiger partial charge in [0, 0.05) is 0 Å². The van der Waals surface area contributed by atoms with Gasteiger partial charge < -0.3 is 18.8 Å². The van der Waals surface area contributed by atoms with Gasteiger partial charge in [0.1, 0.15) is 6.10 Å². The predicted octanol–water partition coefficient (Wildman–Crippen LogP) is 2.33. The minimum atomic E-state index is -0.495. The van der Waals surface area contributed by atoms with Crippen LogP contribution in [0.3, 0.4) is 0 Å². The molecule has 0 saturated carbocycles. The number of hydrogen-bond acceptors (Lipinski definition) is 4. The number of hydrogen-bond donors (Lipinski definition) is 0. The molecule has 0 aromatic heterocycles. The van der Waals surface area contributed by atoms with Gasteiger partial charge in [-0.25, -0.2) is 0 Å². The van der Waals surface area contributed by atoms with Gasteiger partial charge in [0.05, 0.1) is 17.8 Å². The van der Waals surface area contributed by atoms with Crippen molar-refractivity contribution in [1.29, 1.82) is 0 Å². The normalized spacial score (nSPS) is 33.4. The van der Waals surface area contributed by atoms with Crippen molar-refractivity contribution in [3.05, 3.63) is 12.1 Å². The maximum Gasteiger partial charge on any atom is 0.486 e. The highest BCUT2D eigenvalue weighted by Gasteiger charge is 2.50. The monoisotopic (exact) mass is 254 g/mol. The van der Waals surface area contributed by atoms with E-state index < -0.39 is 5.79 Å². The van der Waals surface area contributed by atoms with E-state index in [0.29, 0.717) is 6.61 Å². The molecule has 4 nitrogen and oxygen atoms in total. The van der Waals surface area contributed by atoms with Crippen molar-refractivity contribution in [1.82, 2.24) is 0 Å². The fraction of sp³-hybridized carbons (Fsp3) is 0.846. The third-order valence-electron chi connectivity index (χ3n) is 3.78. The summed E-state index contributed by atoms with van der Waals surface area (Å²) in [4.78, 5) is 0. The second-order valence-corrected chi connectivity index (χ2v) is 6.38. The van der Waals surface area contributed by atoms with Gasteiger partial charge in [-0.05, 0) is 41.5 Å². The first-order valence-corrected chi connectivity index (χ1v) is 6.47. The maximum atomic E-state index is 5.87. The van der Waals surface area contributed by atoms with Gasteiger partial charge >= 0.3 is 7.12 Å². The third-order valence-corrected chi connectivity index (χ3v) is 3.78. The Morgan fingerprint density at radius 1 is 1.00 bits per heavy atom. The van der Waals surface area contributed by atoms with Crippen molar-refractivity contribution in [3.8, 4) is 0 Å². The summed E-state index contributed by atoms with van der Waals surface area (Å²) in [5.41, 5.74) is -0.595. The average molecular weight is 254 g/mol. The molecule has 0 N–H and O–H groups in total. The summed E-state index contributed by atoms with van der Waals surface area (Å²) in [7, 11) is -0.317. The highest BCUT2D eigenvalue weighted by Crippen LogP contribution is 2.37. The molecule has 102 valence electrons. The standard InChI is InChI=1S/C13H23BO4/c1-11(2)12(3,4)18-14(17-11)8-7-10-9-15-13(5,6)16-10/h7-8,10H,9H2,1-6H3/b8-7+/t10-/m0/s1. The molecule has 0 aromatic carbocycles. The fourth-order valence-corrected chi connectivity index (χ4v) is 1.99. The molecule has 2 heterocycles. The Morgan fingerprint density at radius 2 is 1.56 bits per heavy atom. The van der Waals surface area contributed by atoms with Gasteiger partial charge in [-0.3, -0.25) is 0 Å². The Hall–Kier alpha value is -0.355. The summed E-state index contributed by atoms with van der Waals surface area (Å²) in [6, 6.07) is 0. The molecule has 0 aliphatic carbocycles. The summed E-state index contributed by atoms with van der Waals surface area (Å²) in [5.74, 6) is 1.41. The SMILES string of the molecule is CC1(C)OC[C@H](/C=C/B2OC(C)(C)C(C)(C)O2)O1. The van der Waals surface area contributed by atoms with E-state index in [-0.39, 0.29) is 24.4 Å². The van der Waals surface area contributed by atoms with Gasteiger partial charge in [-0.2, -0.15) is 0 Å². The van der Waals surface area contributed by atoms with Gasteiger partial charge in [-0.1, -0.05) is 12.1 Å². The van der Waals surface area contributed by atoms with Crippen molar-refractivity contribution >= 4 is 7.12 Å². The lowest BCUT2D eigenvalue weighted by Gasteiger charge is -2.32. The summed E-state index contributed by atoms with van der Waals surface area (Å²) in [5, 5.41) is 0. The van der Waals surface area contributed by atoms with E-state index in [1.807, 2.05) is 53.6 Å². The molecule has 0 bridgehead atoms. The zero-order valence-electron chi connectivity index (χ0n) is 12.1. The van der Waals surface area contributed by atoms with Crippen LogP contribution in [-0.2, 0) is 18.8 Å². The van der Waals surface area contributed by atoms with Crippen molar-refractivity contribution in [3.63, 3.8) is 0 Å². The molecular weight excluding hydrogens is 231 g/mol. The lowest BCUT2D eigenvalue weighted by molar-refractivity contribution is -0.133. The summed E-state index contributed by atoms with van der Waals surface area (Å²) in [6.45, 7) is 12.6. The summed E-state index contributed by atoms with van der Waals surface area (Å²) < 4.78 is 22.9. The van der Waals surface area contributed by atoms with Gasteiger partial charge in [0.2, 0.25) is 0 Å². The van der Waals surface area contributed by atoms with Crippen LogP contribution < -0.4 is 0 Å². The Morgan fingerprint density at radius 3 is 2.00 bits per heavy atom. The molecule has 0 unspecified atom stereocenters. The van der Waals surface area contributed by atoms with Crippen molar-refractivity contribution in [2.75, 3.05) is 6.61 Å². The second kappa shape index (κ2) is 4.34. The number of rotatable bonds is 2. The fourth-order valence-electron chi connectivity index (χ4n) is 1.99. The predicted molar refractivity (Wildman–Crippen MR) is 70.1 cm³/mol.